The molecule has 0 fully saturated rings. The van der Waals surface area contributed by atoms with Gasteiger partial charge in [-0.2, -0.15) is 0 Å². The van der Waals surface area contributed by atoms with E-state index in [1.165, 1.54) is 18.2 Å². The van der Waals surface area contributed by atoms with E-state index in [4.69, 9.17) is 22.1 Å². The minimum atomic E-state index is -3.71. The predicted octanol–water partition coefficient (Wildman–Crippen LogP) is 1.73. The topological polar surface area (TPSA) is 111 Å². The summed E-state index contributed by atoms with van der Waals surface area (Å²) in [7, 11) is -3.71. The van der Waals surface area contributed by atoms with Gasteiger partial charge < -0.3 is 15.8 Å². The van der Waals surface area contributed by atoms with Crippen LogP contribution in [0.2, 0.25) is 5.02 Å². The predicted molar refractivity (Wildman–Crippen MR) is 85.3 cm³/mol. The number of amides is 1. The van der Waals surface area contributed by atoms with Crippen LogP contribution in [-0.2, 0) is 14.8 Å². The quantitative estimate of drug-likeness (QED) is 0.553. The largest absolute Gasteiger partial charge is 0.444 e. The maximum atomic E-state index is 12.0. The molecule has 9 heteroatoms. The van der Waals surface area contributed by atoms with Gasteiger partial charge in [0, 0.05) is 13.1 Å². The molecule has 0 saturated heterocycles. The number of sulfonamides is 1. The zero-order valence-electron chi connectivity index (χ0n) is 12.6. The highest BCUT2D eigenvalue weighted by Crippen LogP contribution is 2.21. The van der Waals surface area contributed by atoms with E-state index in [0.717, 1.165) is 0 Å². The van der Waals surface area contributed by atoms with Crippen LogP contribution in [-0.4, -0.2) is 33.2 Å². The van der Waals surface area contributed by atoms with Gasteiger partial charge in [0.1, 0.15) is 5.60 Å². The lowest BCUT2D eigenvalue weighted by Crippen LogP contribution is -2.37. The van der Waals surface area contributed by atoms with Crippen molar-refractivity contribution in [2.24, 2.45) is 0 Å². The van der Waals surface area contributed by atoms with Crippen molar-refractivity contribution in [3.63, 3.8) is 0 Å². The smallest absolute Gasteiger partial charge is 0.407 e. The molecule has 0 aliphatic heterocycles. The Balaban J connectivity index is 2.50. The van der Waals surface area contributed by atoms with Crippen molar-refractivity contribution < 1.29 is 17.9 Å². The molecule has 0 aliphatic carbocycles. The summed E-state index contributed by atoms with van der Waals surface area (Å²) < 4.78 is 31.4. The standard InChI is InChI=1S/C13H20ClN3O4S/c1-13(2,3)21-12(18)16-6-7-17-22(19,20)9-4-5-10(14)11(15)8-9/h4-5,8,17H,6-7,15H2,1-3H3,(H,16,18). The highest BCUT2D eigenvalue weighted by atomic mass is 35.5. The number of hydrogen-bond donors (Lipinski definition) is 3. The normalized spacial score (nSPS) is 12.0. The molecule has 1 aromatic carbocycles. The molecule has 0 unspecified atom stereocenters. The average molecular weight is 350 g/mol. The molecule has 0 spiro atoms. The SMILES string of the molecule is CC(C)(C)OC(=O)NCCNS(=O)(=O)c1ccc(Cl)c(N)c1. The van der Waals surface area contributed by atoms with E-state index >= 15 is 0 Å². The average Bonchev–Trinajstić information content (AvgIpc) is 2.36. The maximum absolute atomic E-state index is 12.0. The molecule has 1 aromatic rings. The lowest BCUT2D eigenvalue weighted by Gasteiger charge is -2.19. The van der Waals surface area contributed by atoms with Gasteiger partial charge in [-0.25, -0.2) is 17.9 Å². The first-order chi connectivity index (χ1) is 10.0. The highest BCUT2D eigenvalue weighted by molar-refractivity contribution is 7.89. The second-order valence-corrected chi connectivity index (χ2v) is 7.68. The second kappa shape index (κ2) is 7.17. The summed E-state index contributed by atoms with van der Waals surface area (Å²) in [6, 6.07) is 4.03. The molecule has 0 bridgehead atoms. The molecule has 0 atom stereocenters. The minimum absolute atomic E-state index is 0.00617. The molecule has 22 heavy (non-hydrogen) atoms. The van der Waals surface area contributed by atoms with Gasteiger partial charge >= 0.3 is 6.09 Å². The van der Waals surface area contributed by atoms with Crippen LogP contribution in [0, 0.1) is 0 Å². The van der Waals surface area contributed by atoms with E-state index in [2.05, 4.69) is 10.0 Å². The number of benzene rings is 1. The summed E-state index contributed by atoms with van der Waals surface area (Å²) in [4.78, 5) is 11.4. The van der Waals surface area contributed by atoms with Gasteiger partial charge in [0.15, 0.2) is 0 Å². The summed E-state index contributed by atoms with van der Waals surface area (Å²) >= 11 is 5.74. The van der Waals surface area contributed by atoms with Gasteiger partial charge in [-0.3, -0.25) is 0 Å². The fourth-order valence-electron chi connectivity index (χ4n) is 1.44. The number of carbonyl (C=O) groups excluding carboxylic acids is 1. The first-order valence-corrected chi connectivity index (χ1v) is 8.39. The summed E-state index contributed by atoms with van der Waals surface area (Å²) in [5.41, 5.74) is 5.14. The summed E-state index contributed by atoms with van der Waals surface area (Å²) in [5.74, 6) is 0. The van der Waals surface area contributed by atoms with Gasteiger partial charge in [-0.05, 0) is 39.0 Å². The Kier molecular flexibility index (Phi) is 6.04. The fraction of sp³-hybridized carbons (Fsp3) is 0.462. The van der Waals surface area contributed by atoms with Crippen molar-refractivity contribution in [1.82, 2.24) is 10.0 Å². The molecule has 1 rings (SSSR count). The molecule has 4 N–H and O–H groups in total. The van der Waals surface area contributed by atoms with E-state index in [1.54, 1.807) is 20.8 Å². The van der Waals surface area contributed by atoms with Crippen molar-refractivity contribution in [3.8, 4) is 0 Å². The molecular weight excluding hydrogens is 330 g/mol. The molecule has 0 heterocycles. The fourth-order valence-corrected chi connectivity index (χ4v) is 2.62. The zero-order valence-corrected chi connectivity index (χ0v) is 14.2. The third-order valence-corrected chi connectivity index (χ3v) is 4.17. The van der Waals surface area contributed by atoms with Crippen LogP contribution in [0.15, 0.2) is 23.1 Å². The van der Waals surface area contributed by atoms with Crippen molar-refractivity contribution in [1.29, 1.82) is 0 Å². The Morgan fingerprint density at radius 3 is 2.50 bits per heavy atom. The molecule has 1 amide bonds. The number of alkyl carbamates (subject to hydrolysis) is 1. The maximum Gasteiger partial charge on any atom is 0.407 e. The number of hydrogen-bond acceptors (Lipinski definition) is 5. The summed E-state index contributed by atoms with van der Waals surface area (Å²) in [6.45, 7) is 5.32. The molecule has 7 nitrogen and oxygen atoms in total. The Morgan fingerprint density at radius 2 is 1.95 bits per heavy atom. The molecule has 0 saturated carbocycles. The van der Waals surface area contributed by atoms with E-state index in [9.17, 15) is 13.2 Å². The Labute approximate surface area is 135 Å². The lowest BCUT2D eigenvalue weighted by atomic mass is 10.2. The zero-order chi connectivity index (χ0) is 17.0. The summed E-state index contributed by atoms with van der Waals surface area (Å²) in [6.07, 6.45) is -0.609. The third-order valence-electron chi connectivity index (χ3n) is 2.36. The van der Waals surface area contributed by atoms with Crippen LogP contribution in [0.1, 0.15) is 20.8 Å². The van der Waals surface area contributed by atoms with Crippen LogP contribution in [0.25, 0.3) is 0 Å². The van der Waals surface area contributed by atoms with Crippen molar-refractivity contribution in [2.75, 3.05) is 18.8 Å². The molecule has 124 valence electrons. The number of nitrogens with two attached hydrogens (primary N) is 1. The third kappa shape index (κ3) is 6.08. The van der Waals surface area contributed by atoms with Gasteiger partial charge in [-0.1, -0.05) is 11.6 Å². The van der Waals surface area contributed by atoms with Crippen LogP contribution in [0.4, 0.5) is 10.5 Å². The molecular formula is C13H20ClN3O4S. The molecule has 0 radical (unpaired) electrons. The first-order valence-electron chi connectivity index (χ1n) is 6.53. The Bertz CT molecular complexity index is 641. The van der Waals surface area contributed by atoms with Gasteiger partial charge in [0.25, 0.3) is 0 Å². The van der Waals surface area contributed by atoms with Crippen LogP contribution in [0.5, 0.6) is 0 Å². The van der Waals surface area contributed by atoms with E-state index < -0.39 is 21.7 Å². The van der Waals surface area contributed by atoms with Crippen molar-refractivity contribution >= 4 is 33.4 Å². The summed E-state index contributed by atoms with van der Waals surface area (Å²) in [5, 5.41) is 2.73. The van der Waals surface area contributed by atoms with Crippen molar-refractivity contribution in [2.45, 2.75) is 31.3 Å². The molecule has 0 aromatic heterocycles. The van der Waals surface area contributed by atoms with Crippen LogP contribution >= 0.6 is 11.6 Å². The lowest BCUT2D eigenvalue weighted by molar-refractivity contribution is 0.0529. The van der Waals surface area contributed by atoms with Crippen LogP contribution in [0.3, 0.4) is 0 Å². The monoisotopic (exact) mass is 349 g/mol. The van der Waals surface area contributed by atoms with Crippen LogP contribution < -0.4 is 15.8 Å². The number of halogens is 1. The van der Waals surface area contributed by atoms with E-state index in [1.807, 2.05) is 0 Å². The number of anilines is 1. The van der Waals surface area contributed by atoms with E-state index in [0.29, 0.717) is 0 Å². The van der Waals surface area contributed by atoms with Gasteiger partial charge in [-0.15, -0.1) is 0 Å². The number of carbonyl (C=O) groups is 1. The number of ether oxygens (including phenoxy) is 1. The van der Waals surface area contributed by atoms with E-state index in [-0.39, 0.29) is 28.7 Å². The van der Waals surface area contributed by atoms with Gasteiger partial charge in [0.2, 0.25) is 10.0 Å². The first kappa shape index (κ1) is 18.5. The van der Waals surface area contributed by atoms with Crippen molar-refractivity contribution in [3.05, 3.63) is 23.2 Å². The molecule has 0 aliphatic rings. The number of rotatable bonds is 5. The number of nitrogens with one attached hydrogen (secondary N) is 2. The second-order valence-electron chi connectivity index (χ2n) is 5.51. The Hall–Kier alpha value is -1.51. The Morgan fingerprint density at radius 1 is 1.32 bits per heavy atom. The highest BCUT2D eigenvalue weighted by Gasteiger charge is 2.17. The van der Waals surface area contributed by atoms with Gasteiger partial charge in [0.05, 0.1) is 15.6 Å². The number of nitrogen functional groups attached to an aromatic ring is 1. The minimum Gasteiger partial charge on any atom is -0.444 e.